The van der Waals surface area contributed by atoms with Crippen molar-refractivity contribution in [2.45, 2.75) is 71.5 Å². The number of aromatic hydroxyl groups is 1. The van der Waals surface area contributed by atoms with Crippen molar-refractivity contribution in [1.29, 1.82) is 0 Å². The van der Waals surface area contributed by atoms with Gasteiger partial charge in [0.25, 0.3) is 0 Å². The van der Waals surface area contributed by atoms with Crippen LogP contribution in [0.3, 0.4) is 0 Å². The normalized spacial score (nSPS) is 35.4. The molecule has 3 fully saturated rings. The molecule has 1 aromatic heterocycles. The second kappa shape index (κ2) is 10.5. The van der Waals surface area contributed by atoms with E-state index in [0.717, 1.165) is 19.3 Å². The molecular weight excluding hydrogens is 608 g/mol. The average molecular weight is 651 g/mol. The second-order valence-electron chi connectivity index (χ2n) is 15.1. The summed E-state index contributed by atoms with van der Waals surface area (Å²) in [5.74, 6) is -0.0655. The summed E-state index contributed by atoms with van der Waals surface area (Å²) in [5, 5.41) is 21.1. The first-order valence-corrected chi connectivity index (χ1v) is 16.6. The van der Waals surface area contributed by atoms with Crippen LogP contribution in [0.4, 0.5) is 0 Å². The Morgan fingerprint density at radius 3 is 2.35 bits per heavy atom. The Bertz CT molecular complexity index is 1890. The highest BCUT2D eigenvalue weighted by Gasteiger charge is 2.87. The number of Topliss-reactive ketones (excluding diaryl/α,β-unsaturated/α-hetero) is 1. The predicted octanol–water partition coefficient (Wildman–Crippen LogP) is 7.53. The van der Waals surface area contributed by atoms with Crippen LogP contribution >= 0.6 is 0 Å². The van der Waals surface area contributed by atoms with Gasteiger partial charge in [-0.2, -0.15) is 0 Å². The molecule has 3 aromatic rings. The lowest BCUT2D eigenvalue weighted by Gasteiger charge is -2.62. The number of fused-ring (bicyclic) bond motifs is 3. The van der Waals surface area contributed by atoms with E-state index in [-0.39, 0.29) is 57.8 Å². The quantitative estimate of drug-likeness (QED) is 0.219. The maximum Gasteiger partial charge on any atom is 0.206 e. The van der Waals surface area contributed by atoms with Gasteiger partial charge in [-0.1, -0.05) is 50.3 Å². The summed E-state index contributed by atoms with van der Waals surface area (Å²) in [5.41, 5.74) is -0.576. The standard InChI is InChI=1S/C26H30O5.C14H12O3/c1-22(2)17(27)7-9-23(3)16-6-10-24(4)15(14-8-11-30-13-14)12-18-26(24,31-18)25(16,5)21(29)19(28)20(22)23;1-17-11-7-8-12(13(15)9-11)14(16)10-5-3-2-4-6-10/h7-9,11,13,15-16,18,28H,6,10,12H2,1-5H3;2-9,15H,1H3. The van der Waals surface area contributed by atoms with Gasteiger partial charge in [-0.15, -0.1) is 0 Å². The summed E-state index contributed by atoms with van der Waals surface area (Å²) in [4.78, 5) is 38.8. The minimum absolute atomic E-state index is 0.00527. The fraction of sp³-hybridized carbons (Fsp3) is 0.425. The first-order valence-electron chi connectivity index (χ1n) is 16.6. The minimum atomic E-state index is -0.901. The number of carbonyl (C=O) groups is 3. The number of benzene rings is 2. The molecule has 2 saturated carbocycles. The van der Waals surface area contributed by atoms with Crippen LogP contribution in [0.25, 0.3) is 0 Å². The van der Waals surface area contributed by atoms with E-state index in [4.69, 9.17) is 13.9 Å². The molecule has 4 aliphatic carbocycles. The van der Waals surface area contributed by atoms with Gasteiger partial charge < -0.3 is 24.1 Å². The van der Waals surface area contributed by atoms with Crippen LogP contribution in [0.1, 0.15) is 81.3 Å². The largest absolute Gasteiger partial charge is 0.507 e. The molecule has 1 saturated heterocycles. The number of allylic oxidation sites excluding steroid dienone is 4. The van der Waals surface area contributed by atoms with Crippen LogP contribution in [0.2, 0.25) is 0 Å². The number of hydrogen-bond donors (Lipinski definition) is 2. The Morgan fingerprint density at radius 1 is 0.979 bits per heavy atom. The van der Waals surface area contributed by atoms with E-state index in [0.29, 0.717) is 16.9 Å². The lowest BCUT2D eigenvalue weighted by atomic mass is 9.39. The fourth-order valence-corrected chi connectivity index (χ4v) is 10.4. The molecule has 0 bridgehead atoms. The zero-order valence-electron chi connectivity index (χ0n) is 28.2. The molecule has 8 nitrogen and oxygen atoms in total. The van der Waals surface area contributed by atoms with Gasteiger partial charge in [-0.25, -0.2) is 0 Å². The Morgan fingerprint density at radius 2 is 1.71 bits per heavy atom. The molecule has 5 aliphatic rings. The number of aliphatic hydroxyl groups is 1. The number of carbonyl (C=O) groups excluding carboxylic acids is 3. The van der Waals surface area contributed by atoms with E-state index < -0.39 is 21.8 Å². The minimum Gasteiger partial charge on any atom is -0.507 e. The molecular formula is C40H42O8. The van der Waals surface area contributed by atoms with Gasteiger partial charge in [0.1, 0.15) is 17.1 Å². The molecule has 8 rings (SSSR count). The number of furan rings is 1. The van der Waals surface area contributed by atoms with Crippen LogP contribution in [0.15, 0.2) is 95.0 Å². The van der Waals surface area contributed by atoms with Gasteiger partial charge in [0.05, 0.1) is 42.1 Å². The third kappa shape index (κ3) is 4.01. The highest BCUT2D eigenvalue weighted by atomic mass is 16.6. The van der Waals surface area contributed by atoms with E-state index >= 15 is 0 Å². The Hall–Kier alpha value is -4.43. The summed E-state index contributed by atoms with van der Waals surface area (Å²) < 4.78 is 16.8. The Kier molecular flexibility index (Phi) is 7.05. The first-order chi connectivity index (χ1) is 22.7. The number of rotatable bonds is 4. The Labute approximate surface area is 280 Å². The molecule has 8 heteroatoms. The molecule has 7 unspecified atom stereocenters. The number of epoxide rings is 1. The number of ketones is 3. The van der Waals surface area contributed by atoms with Gasteiger partial charge in [-0.05, 0) is 87.3 Å². The molecule has 1 spiro atoms. The van der Waals surface area contributed by atoms with Crippen LogP contribution in [0, 0.1) is 27.6 Å². The lowest BCUT2D eigenvalue weighted by Crippen LogP contribution is -2.66. The lowest BCUT2D eigenvalue weighted by molar-refractivity contribution is -0.162. The van der Waals surface area contributed by atoms with Gasteiger partial charge in [-0.3, -0.25) is 14.4 Å². The molecule has 0 amide bonds. The molecule has 1 aliphatic heterocycles. The van der Waals surface area contributed by atoms with Crippen LogP contribution < -0.4 is 4.74 Å². The number of phenolic OH excluding ortho intramolecular Hbond substituents is 1. The van der Waals surface area contributed by atoms with Crippen LogP contribution in [-0.2, 0) is 14.3 Å². The summed E-state index contributed by atoms with van der Waals surface area (Å²) in [6.07, 6.45) is 9.76. The van der Waals surface area contributed by atoms with Crippen molar-refractivity contribution >= 4 is 17.3 Å². The number of ether oxygens (including phenoxy) is 2. The van der Waals surface area contributed by atoms with Crippen molar-refractivity contribution in [2.75, 3.05) is 7.11 Å². The monoisotopic (exact) mass is 650 g/mol. The van der Waals surface area contributed by atoms with Crippen molar-refractivity contribution < 1.29 is 38.5 Å². The molecule has 2 N–H and O–H groups in total. The molecule has 2 heterocycles. The van der Waals surface area contributed by atoms with Gasteiger partial charge in [0.15, 0.2) is 17.3 Å². The van der Waals surface area contributed by atoms with E-state index in [1.165, 1.54) is 18.7 Å². The molecule has 250 valence electrons. The van der Waals surface area contributed by atoms with Gasteiger partial charge >= 0.3 is 0 Å². The third-order valence-electron chi connectivity index (χ3n) is 12.7. The molecule has 0 radical (unpaired) electrons. The summed E-state index contributed by atoms with van der Waals surface area (Å²) >= 11 is 0. The van der Waals surface area contributed by atoms with E-state index in [1.807, 2.05) is 45.2 Å². The molecule has 48 heavy (non-hydrogen) atoms. The second-order valence-corrected chi connectivity index (χ2v) is 15.1. The smallest absolute Gasteiger partial charge is 0.206 e. The number of methoxy groups -OCH3 is 1. The summed E-state index contributed by atoms with van der Waals surface area (Å²) in [6.45, 7) is 10.0. The molecule has 7 atom stereocenters. The zero-order chi connectivity index (χ0) is 34.4. The van der Waals surface area contributed by atoms with Crippen molar-refractivity contribution in [3.8, 4) is 11.5 Å². The van der Waals surface area contributed by atoms with E-state index in [9.17, 15) is 24.6 Å². The summed E-state index contributed by atoms with van der Waals surface area (Å²) in [6, 6.07) is 15.5. The number of aliphatic hydroxyl groups excluding tert-OH is 1. The number of hydrogen-bond acceptors (Lipinski definition) is 8. The SMILES string of the molecule is CC1(C)C(=O)C=CC2(C)C1=C(O)C(=O)C1(C)C2CCC2(C)C(c3ccoc3)CC3OC321.COc1ccc(C(=O)c2ccccc2)c(O)c1. The molecule has 2 aromatic carbocycles. The number of phenols is 1. The predicted molar refractivity (Wildman–Crippen MR) is 178 cm³/mol. The topological polar surface area (TPSA) is 127 Å². The van der Waals surface area contributed by atoms with Crippen molar-refractivity contribution in [1.82, 2.24) is 0 Å². The van der Waals surface area contributed by atoms with Crippen molar-refractivity contribution in [3.63, 3.8) is 0 Å². The average Bonchev–Trinajstić information content (AvgIpc) is 3.42. The van der Waals surface area contributed by atoms with Crippen molar-refractivity contribution in [3.05, 3.63) is 107 Å². The van der Waals surface area contributed by atoms with Gasteiger partial charge in [0.2, 0.25) is 5.78 Å². The third-order valence-corrected chi connectivity index (χ3v) is 12.7. The highest BCUT2D eigenvalue weighted by molar-refractivity contribution is 6.10. The highest BCUT2D eigenvalue weighted by Crippen LogP contribution is 2.81. The van der Waals surface area contributed by atoms with Gasteiger partial charge in [0, 0.05) is 22.5 Å². The first kappa shape index (κ1) is 32.1. The maximum atomic E-state index is 14.0. The van der Waals surface area contributed by atoms with Crippen LogP contribution in [0.5, 0.6) is 11.5 Å². The van der Waals surface area contributed by atoms with Crippen molar-refractivity contribution in [2.24, 2.45) is 27.6 Å². The van der Waals surface area contributed by atoms with E-state index in [2.05, 4.69) is 13.8 Å². The van der Waals surface area contributed by atoms with E-state index in [1.54, 1.807) is 48.7 Å². The summed E-state index contributed by atoms with van der Waals surface area (Å²) in [7, 11) is 1.51. The Balaban J connectivity index is 0.000000182. The van der Waals surface area contributed by atoms with Crippen LogP contribution in [-0.4, -0.2) is 46.4 Å². The maximum absolute atomic E-state index is 14.0. The fourth-order valence-electron chi connectivity index (χ4n) is 10.4. The zero-order valence-corrected chi connectivity index (χ0v) is 28.2.